The van der Waals surface area contributed by atoms with Gasteiger partial charge in [0.15, 0.2) is 6.61 Å². The molecule has 0 amide bonds. The molecule has 0 aliphatic heterocycles. The molecule has 5 nitrogen and oxygen atoms in total. The molecule has 0 atom stereocenters. The number of pyridine rings is 1. The van der Waals surface area contributed by atoms with E-state index in [9.17, 15) is 14.0 Å². The summed E-state index contributed by atoms with van der Waals surface area (Å²) in [7, 11) is 1.37. The van der Waals surface area contributed by atoms with Crippen molar-refractivity contribution < 1.29 is 23.5 Å². The molecule has 0 N–H and O–H groups in total. The minimum Gasteiger partial charge on any atom is -0.496 e. The number of para-hydroxylation sites is 1. The quantitative estimate of drug-likeness (QED) is 0.377. The lowest BCUT2D eigenvalue weighted by molar-refractivity contribution is -0.136. The topological polar surface area (TPSA) is 65.5 Å². The lowest BCUT2D eigenvalue weighted by atomic mass is 10.1. The second kappa shape index (κ2) is 8.23. The van der Waals surface area contributed by atoms with Crippen molar-refractivity contribution in [2.75, 3.05) is 13.7 Å². The van der Waals surface area contributed by atoms with Crippen molar-refractivity contribution in [3.05, 3.63) is 77.7 Å². The molecule has 2 aromatic carbocycles. The van der Waals surface area contributed by atoms with Crippen LogP contribution in [-0.4, -0.2) is 30.5 Å². The highest BCUT2D eigenvalue weighted by Crippen LogP contribution is 2.20. The molecular weight excluding hydrogens is 349 g/mol. The van der Waals surface area contributed by atoms with E-state index in [1.165, 1.54) is 31.4 Å². The molecule has 0 unspecified atom stereocenters. The van der Waals surface area contributed by atoms with Crippen LogP contribution in [0.5, 0.6) is 5.75 Å². The highest BCUT2D eigenvalue weighted by atomic mass is 19.1. The van der Waals surface area contributed by atoms with E-state index in [1.807, 2.05) is 30.3 Å². The van der Waals surface area contributed by atoms with Gasteiger partial charge in [0.1, 0.15) is 11.6 Å². The number of ketones is 1. The highest BCUT2D eigenvalue weighted by Gasteiger charge is 2.15. The standard InChI is InChI=1S/C21H16FNO4/c1-26-20-10-7-15(22)12-17(20)19(24)13-27-21(25)11-9-16-8-6-14-4-2-3-5-18(14)23-16/h2-12H,13H2,1H3/b11-9+. The number of halogens is 1. The van der Waals surface area contributed by atoms with Gasteiger partial charge in [0.05, 0.1) is 23.9 Å². The number of Topliss-reactive ketones (excluding diaryl/α,β-unsaturated/α-hetero) is 1. The SMILES string of the molecule is COc1ccc(F)cc1C(=O)COC(=O)/C=C/c1ccc2ccccc2n1. The molecule has 3 aromatic rings. The van der Waals surface area contributed by atoms with Gasteiger partial charge < -0.3 is 9.47 Å². The molecule has 27 heavy (non-hydrogen) atoms. The van der Waals surface area contributed by atoms with Gasteiger partial charge in [0, 0.05) is 11.5 Å². The summed E-state index contributed by atoms with van der Waals surface area (Å²) in [5.74, 6) is -1.62. The van der Waals surface area contributed by atoms with Crippen LogP contribution in [0.25, 0.3) is 17.0 Å². The first-order chi connectivity index (χ1) is 13.1. The molecule has 0 bridgehead atoms. The average Bonchev–Trinajstić information content (AvgIpc) is 2.70. The third-order valence-electron chi connectivity index (χ3n) is 3.82. The fraction of sp³-hybridized carbons (Fsp3) is 0.0952. The maximum Gasteiger partial charge on any atom is 0.331 e. The summed E-state index contributed by atoms with van der Waals surface area (Å²) in [4.78, 5) is 28.4. The number of carbonyl (C=O) groups is 2. The molecule has 1 heterocycles. The Hall–Kier alpha value is -3.54. The first-order valence-corrected chi connectivity index (χ1v) is 8.14. The average molecular weight is 365 g/mol. The number of aromatic nitrogens is 1. The molecule has 0 saturated heterocycles. The molecule has 0 radical (unpaired) electrons. The summed E-state index contributed by atoms with van der Waals surface area (Å²) in [6.07, 6.45) is 2.69. The zero-order chi connectivity index (χ0) is 19.2. The lowest BCUT2D eigenvalue weighted by Gasteiger charge is -2.07. The van der Waals surface area contributed by atoms with Gasteiger partial charge in [0.25, 0.3) is 0 Å². The van der Waals surface area contributed by atoms with E-state index >= 15 is 0 Å². The first kappa shape index (κ1) is 18.3. The maximum absolute atomic E-state index is 13.3. The Morgan fingerprint density at radius 3 is 2.74 bits per heavy atom. The Morgan fingerprint density at radius 1 is 1.11 bits per heavy atom. The van der Waals surface area contributed by atoms with Gasteiger partial charge in [0.2, 0.25) is 5.78 Å². The van der Waals surface area contributed by atoms with Crippen molar-refractivity contribution in [2.24, 2.45) is 0 Å². The molecule has 0 spiro atoms. The molecule has 0 aliphatic rings. The van der Waals surface area contributed by atoms with Crippen LogP contribution in [-0.2, 0) is 9.53 Å². The highest BCUT2D eigenvalue weighted by molar-refractivity contribution is 6.01. The number of nitrogens with zero attached hydrogens (tertiary/aromatic N) is 1. The Kier molecular flexibility index (Phi) is 5.56. The van der Waals surface area contributed by atoms with Crippen LogP contribution in [0.3, 0.4) is 0 Å². The fourth-order valence-corrected chi connectivity index (χ4v) is 2.49. The maximum atomic E-state index is 13.3. The molecule has 3 rings (SSSR count). The summed E-state index contributed by atoms with van der Waals surface area (Å²) in [5, 5.41) is 0.992. The third kappa shape index (κ3) is 4.55. The van der Waals surface area contributed by atoms with Gasteiger partial charge in [-0.15, -0.1) is 0 Å². The second-order valence-corrected chi connectivity index (χ2v) is 5.64. The van der Waals surface area contributed by atoms with Gasteiger partial charge in [-0.05, 0) is 36.4 Å². The number of rotatable bonds is 6. The van der Waals surface area contributed by atoms with Crippen molar-refractivity contribution in [2.45, 2.75) is 0 Å². The van der Waals surface area contributed by atoms with Gasteiger partial charge in [-0.1, -0.05) is 24.3 Å². The smallest absolute Gasteiger partial charge is 0.331 e. The molecule has 6 heteroatoms. The number of hydrogen-bond donors (Lipinski definition) is 0. The van der Waals surface area contributed by atoms with Crippen molar-refractivity contribution >= 4 is 28.7 Å². The van der Waals surface area contributed by atoms with Crippen molar-refractivity contribution in [1.82, 2.24) is 4.98 Å². The van der Waals surface area contributed by atoms with Crippen molar-refractivity contribution in [1.29, 1.82) is 0 Å². The Balaban J connectivity index is 1.62. The normalized spacial score (nSPS) is 10.9. The fourth-order valence-electron chi connectivity index (χ4n) is 2.49. The van der Waals surface area contributed by atoms with Gasteiger partial charge in [-0.2, -0.15) is 0 Å². The van der Waals surface area contributed by atoms with Crippen molar-refractivity contribution in [3.63, 3.8) is 0 Å². The molecule has 0 aliphatic carbocycles. The molecule has 0 fully saturated rings. The molecule has 136 valence electrons. The monoisotopic (exact) mass is 365 g/mol. The van der Waals surface area contributed by atoms with Gasteiger partial charge in [-0.3, -0.25) is 4.79 Å². The summed E-state index contributed by atoms with van der Waals surface area (Å²) in [6.45, 7) is -0.520. The first-order valence-electron chi connectivity index (χ1n) is 8.14. The molecular formula is C21H16FNO4. The van der Waals surface area contributed by atoms with E-state index in [-0.39, 0.29) is 11.3 Å². The van der Waals surface area contributed by atoms with Crippen molar-refractivity contribution in [3.8, 4) is 5.75 Å². The van der Waals surface area contributed by atoms with E-state index in [0.717, 1.165) is 17.0 Å². The van der Waals surface area contributed by atoms with Gasteiger partial charge >= 0.3 is 5.97 Å². The molecule has 1 aromatic heterocycles. The van der Waals surface area contributed by atoms with Crippen LogP contribution >= 0.6 is 0 Å². The van der Waals surface area contributed by atoms with Crippen LogP contribution in [0.2, 0.25) is 0 Å². The Bertz CT molecular complexity index is 1030. The van der Waals surface area contributed by atoms with E-state index in [0.29, 0.717) is 5.69 Å². The predicted octanol–water partition coefficient (Wildman–Crippen LogP) is 3.82. The zero-order valence-electron chi connectivity index (χ0n) is 14.5. The van der Waals surface area contributed by atoms with Crippen LogP contribution in [0.4, 0.5) is 4.39 Å². The second-order valence-electron chi connectivity index (χ2n) is 5.64. The number of benzene rings is 2. The van der Waals surface area contributed by atoms with E-state index in [2.05, 4.69) is 4.98 Å². The number of methoxy groups -OCH3 is 1. The number of fused-ring (bicyclic) bond motifs is 1. The summed E-state index contributed by atoms with van der Waals surface area (Å²) in [5.41, 5.74) is 1.41. The number of esters is 1. The van der Waals surface area contributed by atoms with Gasteiger partial charge in [-0.25, -0.2) is 14.2 Å². The van der Waals surface area contributed by atoms with E-state index < -0.39 is 24.2 Å². The van der Waals surface area contributed by atoms with E-state index in [1.54, 1.807) is 6.07 Å². The Labute approximate surface area is 155 Å². The largest absolute Gasteiger partial charge is 0.496 e. The number of ether oxygens (including phenoxy) is 2. The number of hydrogen-bond acceptors (Lipinski definition) is 5. The van der Waals surface area contributed by atoms with Crippen LogP contribution in [0, 0.1) is 5.82 Å². The predicted molar refractivity (Wildman–Crippen MR) is 99.0 cm³/mol. The summed E-state index contributed by atoms with van der Waals surface area (Å²) < 4.78 is 23.3. The summed E-state index contributed by atoms with van der Waals surface area (Å²) in [6, 6.07) is 14.8. The summed E-state index contributed by atoms with van der Waals surface area (Å²) >= 11 is 0. The van der Waals surface area contributed by atoms with Crippen LogP contribution in [0.1, 0.15) is 16.1 Å². The number of carbonyl (C=O) groups excluding carboxylic acids is 2. The lowest BCUT2D eigenvalue weighted by Crippen LogP contribution is -2.13. The minimum absolute atomic E-state index is 0.0190. The van der Waals surface area contributed by atoms with Crippen LogP contribution < -0.4 is 4.74 Å². The van der Waals surface area contributed by atoms with E-state index in [4.69, 9.17) is 9.47 Å². The van der Waals surface area contributed by atoms with Crippen LogP contribution in [0.15, 0.2) is 60.7 Å². The molecule has 0 saturated carbocycles. The Morgan fingerprint density at radius 2 is 1.93 bits per heavy atom. The zero-order valence-corrected chi connectivity index (χ0v) is 14.5. The third-order valence-corrected chi connectivity index (χ3v) is 3.82. The minimum atomic E-state index is -0.700.